The average Bonchev–Trinajstić information content (AvgIpc) is 2.26. The van der Waals surface area contributed by atoms with Gasteiger partial charge in [0, 0.05) is 0 Å². The van der Waals surface area contributed by atoms with Gasteiger partial charge in [-0.2, -0.15) is 0 Å². The fourth-order valence-electron chi connectivity index (χ4n) is 3.85. The van der Waals surface area contributed by atoms with Gasteiger partial charge in [0.2, 0.25) is 0 Å². The lowest BCUT2D eigenvalue weighted by atomic mass is 9.63. The van der Waals surface area contributed by atoms with Gasteiger partial charge < -0.3 is 0 Å². The van der Waals surface area contributed by atoms with Crippen molar-refractivity contribution in [2.45, 2.75) is 59.8 Å². The summed E-state index contributed by atoms with van der Waals surface area (Å²) in [7, 11) is 0. The van der Waals surface area contributed by atoms with Crippen molar-refractivity contribution in [2.24, 2.45) is 23.2 Å². The van der Waals surface area contributed by atoms with Crippen molar-refractivity contribution in [3.8, 4) is 0 Å². The molecule has 0 bridgehead atoms. The zero-order valence-corrected chi connectivity index (χ0v) is 10.8. The third-order valence-electron chi connectivity index (χ3n) is 5.01. The van der Waals surface area contributed by atoms with Gasteiger partial charge in [-0.15, -0.1) is 0 Å². The van der Waals surface area contributed by atoms with Crippen LogP contribution in [-0.4, -0.2) is 0 Å². The maximum Gasteiger partial charge on any atom is -0.0287 e. The number of allylic oxidation sites excluding steroid dienone is 2. The largest absolute Gasteiger partial charge is 0.0853 e. The highest BCUT2D eigenvalue weighted by molar-refractivity contribution is 5.09. The summed E-state index contributed by atoms with van der Waals surface area (Å²) in [6.07, 6.45) is 9.55. The molecule has 0 N–H and O–H groups in total. The summed E-state index contributed by atoms with van der Waals surface area (Å²) in [6.45, 7) is 9.80. The van der Waals surface area contributed by atoms with Gasteiger partial charge in [-0.05, 0) is 49.4 Å². The molecule has 0 nitrogen and oxygen atoms in total. The standard InChI is InChI=1S/C15H26/c1-11-7-8-13-12(2)6-5-9-15(3,4)14(13)10-11/h7,12-14H,5-6,8-10H2,1-4H3. The maximum atomic E-state index is 2.50. The minimum Gasteiger partial charge on any atom is -0.0853 e. The van der Waals surface area contributed by atoms with Crippen LogP contribution < -0.4 is 0 Å². The summed E-state index contributed by atoms with van der Waals surface area (Å²) in [4.78, 5) is 0. The molecular formula is C15H26. The molecule has 2 rings (SSSR count). The van der Waals surface area contributed by atoms with Crippen molar-refractivity contribution in [1.29, 1.82) is 0 Å². The van der Waals surface area contributed by atoms with E-state index in [-0.39, 0.29) is 0 Å². The molecule has 0 heteroatoms. The van der Waals surface area contributed by atoms with E-state index in [1.807, 2.05) is 0 Å². The number of rotatable bonds is 0. The molecule has 1 saturated carbocycles. The predicted molar refractivity (Wildman–Crippen MR) is 66.8 cm³/mol. The molecule has 1 fully saturated rings. The van der Waals surface area contributed by atoms with Crippen molar-refractivity contribution in [3.63, 3.8) is 0 Å². The van der Waals surface area contributed by atoms with E-state index < -0.39 is 0 Å². The summed E-state index contributed by atoms with van der Waals surface area (Å²) < 4.78 is 0. The van der Waals surface area contributed by atoms with Gasteiger partial charge in [-0.3, -0.25) is 0 Å². The highest BCUT2D eigenvalue weighted by Crippen LogP contribution is 2.50. The Morgan fingerprint density at radius 2 is 2.07 bits per heavy atom. The van der Waals surface area contributed by atoms with Crippen molar-refractivity contribution in [3.05, 3.63) is 11.6 Å². The van der Waals surface area contributed by atoms with Gasteiger partial charge in [0.1, 0.15) is 0 Å². The van der Waals surface area contributed by atoms with Crippen LogP contribution in [0.3, 0.4) is 0 Å². The van der Waals surface area contributed by atoms with Crippen LogP contribution in [0.4, 0.5) is 0 Å². The molecule has 0 aliphatic heterocycles. The fraction of sp³-hybridized carbons (Fsp3) is 0.867. The molecule has 86 valence electrons. The third kappa shape index (κ3) is 2.14. The number of fused-ring (bicyclic) bond motifs is 1. The lowest BCUT2D eigenvalue weighted by Gasteiger charge is -2.42. The minimum absolute atomic E-state index is 0.574. The highest BCUT2D eigenvalue weighted by Gasteiger charge is 2.40. The SMILES string of the molecule is CC1=CCC2C(C)CCCC(C)(C)C2C1. The molecule has 0 aromatic heterocycles. The van der Waals surface area contributed by atoms with Crippen LogP contribution in [0.2, 0.25) is 0 Å². The summed E-state index contributed by atoms with van der Waals surface area (Å²) >= 11 is 0. The molecule has 15 heavy (non-hydrogen) atoms. The summed E-state index contributed by atoms with van der Waals surface area (Å²) in [5.74, 6) is 2.85. The first-order valence-electron chi connectivity index (χ1n) is 6.66. The number of hydrogen-bond acceptors (Lipinski definition) is 0. The highest BCUT2D eigenvalue weighted by atomic mass is 14.5. The van der Waals surface area contributed by atoms with Gasteiger partial charge in [0.05, 0.1) is 0 Å². The Bertz CT molecular complexity index is 259. The monoisotopic (exact) mass is 206 g/mol. The lowest BCUT2D eigenvalue weighted by Crippen LogP contribution is -2.33. The van der Waals surface area contributed by atoms with Crippen LogP contribution >= 0.6 is 0 Å². The Hall–Kier alpha value is -0.260. The van der Waals surface area contributed by atoms with Gasteiger partial charge in [0.25, 0.3) is 0 Å². The van der Waals surface area contributed by atoms with Gasteiger partial charge in [-0.25, -0.2) is 0 Å². The minimum atomic E-state index is 0.574. The van der Waals surface area contributed by atoms with E-state index in [9.17, 15) is 0 Å². The van der Waals surface area contributed by atoms with E-state index in [0.29, 0.717) is 5.41 Å². The zero-order chi connectivity index (χ0) is 11.1. The molecule has 0 spiro atoms. The van der Waals surface area contributed by atoms with Gasteiger partial charge >= 0.3 is 0 Å². The van der Waals surface area contributed by atoms with E-state index in [1.54, 1.807) is 5.57 Å². The molecule has 2 aliphatic carbocycles. The maximum absolute atomic E-state index is 2.50. The zero-order valence-electron chi connectivity index (χ0n) is 10.8. The smallest absolute Gasteiger partial charge is 0.0287 e. The van der Waals surface area contributed by atoms with Crippen molar-refractivity contribution < 1.29 is 0 Å². The first-order valence-corrected chi connectivity index (χ1v) is 6.66. The second-order valence-corrected chi connectivity index (χ2v) is 6.62. The Balaban J connectivity index is 2.26. The number of hydrogen-bond donors (Lipinski definition) is 0. The summed E-state index contributed by atoms with van der Waals surface area (Å²) in [6, 6.07) is 0. The normalized spacial score (nSPS) is 40.3. The molecule has 0 amide bonds. The second-order valence-electron chi connectivity index (χ2n) is 6.62. The topological polar surface area (TPSA) is 0 Å². The first kappa shape index (κ1) is 11.2. The van der Waals surface area contributed by atoms with Crippen LogP contribution in [0.1, 0.15) is 59.8 Å². The van der Waals surface area contributed by atoms with E-state index >= 15 is 0 Å². The van der Waals surface area contributed by atoms with E-state index in [1.165, 1.54) is 32.1 Å². The van der Waals surface area contributed by atoms with Crippen molar-refractivity contribution >= 4 is 0 Å². The van der Waals surface area contributed by atoms with E-state index in [0.717, 1.165) is 17.8 Å². The molecule has 0 aromatic rings. The molecule has 0 saturated heterocycles. The Labute approximate surface area is 95.1 Å². The molecule has 0 radical (unpaired) electrons. The van der Waals surface area contributed by atoms with E-state index in [4.69, 9.17) is 0 Å². The molecule has 0 aromatic carbocycles. The summed E-state index contributed by atoms with van der Waals surface area (Å²) in [5.41, 5.74) is 2.21. The lowest BCUT2D eigenvalue weighted by molar-refractivity contribution is 0.110. The van der Waals surface area contributed by atoms with Crippen molar-refractivity contribution in [2.75, 3.05) is 0 Å². The Kier molecular flexibility index (Phi) is 2.96. The quantitative estimate of drug-likeness (QED) is 0.499. The van der Waals surface area contributed by atoms with Crippen LogP contribution in [0.25, 0.3) is 0 Å². The van der Waals surface area contributed by atoms with Crippen LogP contribution in [-0.2, 0) is 0 Å². The van der Waals surface area contributed by atoms with Crippen LogP contribution in [0.5, 0.6) is 0 Å². The molecule has 3 unspecified atom stereocenters. The Morgan fingerprint density at radius 1 is 1.33 bits per heavy atom. The average molecular weight is 206 g/mol. The fourth-order valence-corrected chi connectivity index (χ4v) is 3.85. The second kappa shape index (κ2) is 3.96. The molecule has 2 aliphatic rings. The first-order chi connectivity index (χ1) is 7.00. The molecule has 0 heterocycles. The van der Waals surface area contributed by atoms with Crippen LogP contribution in [0.15, 0.2) is 11.6 Å². The van der Waals surface area contributed by atoms with Gasteiger partial charge in [0.15, 0.2) is 0 Å². The molecular weight excluding hydrogens is 180 g/mol. The predicted octanol–water partition coefficient (Wildman–Crippen LogP) is 4.81. The molecule has 3 atom stereocenters. The third-order valence-corrected chi connectivity index (χ3v) is 5.01. The van der Waals surface area contributed by atoms with Crippen molar-refractivity contribution in [1.82, 2.24) is 0 Å². The van der Waals surface area contributed by atoms with Crippen LogP contribution in [0, 0.1) is 23.2 Å². The van der Waals surface area contributed by atoms with E-state index in [2.05, 4.69) is 33.8 Å². The summed E-state index contributed by atoms with van der Waals surface area (Å²) in [5, 5.41) is 0. The van der Waals surface area contributed by atoms with Gasteiger partial charge in [-0.1, -0.05) is 45.3 Å². The Morgan fingerprint density at radius 3 is 2.80 bits per heavy atom.